The molecule has 23 heavy (non-hydrogen) atoms. The number of amides is 1. The maximum Gasteiger partial charge on any atom is 0.336 e. The van der Waals surface area contributed by atoms with E-state index >= 15 is 0 Å². The van der Waals surface area contributed by atoms with Gasteiger partial charge in [0.2, 0.25) is 5.91 Å². The number of carbonyl (C=O) groups excluding carboxylic acids is 1. The largest absolute Gasteiger partial charge is 0.497 e. The van der Waals surface area contributed by atoms with Crippen molar-refractivity contribution in [3.05, 3.63) is 59.7 Å². The van der Waals surface area contributed by atoms with Crippen molar-refractivity contribution in [2.75, 3.05) is 12.9 Å². The van der Waals surface area contributed by atoms with Gasteiger partial charge in [-0.2, -0.15) is 0 Å². The fourth-order valence-corrected chi connectivity index (χ4v) is 2.78. The molecule has 0 radical (unpaired) electrons. The maximum atomic E-state index is 11.9. The Morgan fingerprint density at radius 2 is 1.83 bits per heavy atom. The van der Waals surface area contributed by atoms with Gasteiger partial charge in [-0.25, -0.2) is 4.79 Å². The van der Waals surface area contributed by atoms with Gasteiger partial charge in [0.15, 0.2) is 0 Å². The summed E-state index contributed by atoms with van der Waals surface area (Å²) in [6.07, 6.45) is 0. The van der Waals surface area contributed by atoms with Gasteiger partial charge in [0.05, 0.1) is 18.4 Å². The number of rotatable bonds is 7. The molecular weight excluding hydrogens is 314 g/mol. The van der Waals surface area contributed by atoms with Gasteiger partial charge in [0.1, 0.15) is 5.75 Å². The molecule has 0 bridgehead atoms. The first-order valence-corrected chi connectivity index (χ1v) is 7.93. The van der Waals surface area contributed by atoms with E-state index in [1.54, 1.807) is 25.3 Å². The summed E-state index contributed by atoms with van der Waals surface area (Å²) in [6, 6.07) is 14.1. The standard InChI is InChI=1S/C17H17NO4S/c1-22-13-8-6-12(7-9-13)10-18-16(19)11-23-15-5-3-2-4-14(15)17(20)21/h2-9H,10-11H2,1H3,(H,18,19)(H,20,21). The molecular formula is C17H17NO4S. The van der Waals surface area contributed by atoms with Gasteiger partial charge in [-0.15, -0.1) is 11.8 Å². The molecule has 0 saturated carbocycles. The van der Waals surface area contributed by atoms with Gasteiger partial charge in [0.25, 0.3) is 0 Å². The highest BCUT2D eigenvalue weighted by atomic mass is 32.2. The minimum atomic E-state index is -0.994. The summed E-state index contributed by atoms with van der Waals surface area (Å²) < 4.78 is 5.07. The number of carboxylic acid groups (broad SMARTS) is 1. The number of hydrogen-bond donors (Lipinski definition) is 2. The van der Waals surface area contributed by atoms with E-state index in [1.165, 1.54) is 17.8 Å². The summed E-state index contributed by atoms with van der Waals surface area (Å²) in [4.78, 5) is 23.6. The first-order chi connectivity index (χ1) is 11.1. The second-order valence-corrected chi connectivity index (χ2v) is 5.73. The molecule has 2 rings (SSSR count). The summed E-state index contributed by atoms with van der Waals surface area (Å²) in [5, 5.41) is 11.9. The van der Waals surface area contributed by atoms with Gasteiger partial charge < -0.3 is 15.2 Å². The van der Waals surface area contributed by atoms with Crippen molar-refractivity contribution in [1.29, 1.82) is 0 Å². The Morgan fingerprint density at radius 1 is 1.13 bits per heavy atom. The fourth-order valence-electron chi connectivity index (χ4n) is 1.91. The van der Waals surface area contributed by atoms with Crippen molar-refractivity contribution in [2.24, 2.45) is 0 Å². The number of carboxylic acids is 1. The van der Waals surface area contributed by atoms with Crippen LogP contribution in [0.4, 0.5) is 0 Å². The van der Waals surface area contributed by atoms with E-state index in [1.807, 2.05) is 24.3 Å². The molecule has 0 aromatic heterocycles. The number of aromatic carboxylic acids is 1. The molecule has 0 aliphatic heterocycles. The molecule has 2 aromatic rings. The lowest BCUT2D eigenvalue weighted by molar-refractivity contribution is -0.118. The summed E-state index contributed by atoms with van der Waals surface area (Å²) in [7, 11) is 1.60. The van der Waals surface area contributed by atoms with Crippen LogP contribution < -0.4 is 10.1 Å². The van der Waals surface area contributed by atoms with E-state index in [4.69, 9.17) is 9.84 Å². The molecule has 0 spiro atoms. The second kappa shape index (κ2) is 8.24. The summed E-state index contributed by atoms with van der Waals surface area (Å²) in [6.45, 7) is 0.421. The van der Waals surface area contributed by atoms with Crippen molar-refractivity contribution >= 4 is 23.6 Å². The van der Waals surface area contributed by atoms with E-state index < -0.39 is 5.97 Å². The predicted octanol–water partition coefficient (Wildman–Crippen LogP) is 2.80. The maximum absolute atomic E-state index is 11.9. The van der Waals surface area contributed by atoms with Crippen molar-refractivity contribution in [3.63, 3.8) is 0 Å². The quantitative estimate of drug-likeness (QED) is 0.763. The molecule has 0 fully saturated rings. The van der Waals surface area contributed by atoms with E-state index in [9.17, 15) is 9.59 Å². The van der Waals surface area contributed by atoms with Crippen LogP contribution >= 0.6 is 11.8 Å². The average molecular weight is 331 g/mol. The molecule has 1 amide bonds. The highest BCUT2D eigenvalue weighted by molar-refractivity contribution is 8.00. The Bertz CT molecular complexity index is 685. The van der Waals surface area contributed by atoms with Gasteiger partial charge >= 0.3 is 5.97 Å². The minimum absolute atomic E-state index is 0.147. The van der Waals surface area contributed by atoms with Crippen LogP contribution in [0.15, 0.2) is 53.4 Å². The Kier molecular flexibility index (Phi) is 6.05. The smallest absolute Gasteiger partial charge is 0.336 e. The SMILES string of the molecule is COc1ccc(CNC(=O)CSc2ccccc2C(=O)O)cc1. The third-order valence-electron chi connectivity index (χ3n) is 3.12. The van der Waals surface area contributed by atoms with E-state index in [0.29, 0.717) is 11.4 Å². The van der Waals surface area contributed by atoms with E-state index in [0.717, 1.165) is 11.3 Å². The van der Waals surface area contributed by atoms with Gasteiger partial charge in [-0.3, -0.25) is 4.79 Å². The molecule has 6 heteroatoms. The van der Waals surface area contributed by atoms with Crippen LogP contribution in [0, 0.1) is 0 Å². The number of hydrogen-bond acceptors (Lipinski definition) is 4. The lowest BCUT2D eigenvalue weighted by atomic mass is 10.2. The third-order valence-corrected chi connectivity index (χ3v) is 4.20. The monoisotopic (exact) mass is 331 g/mol. The fraction of sp³-hybridized carbons (Fsp3) is 0.176. The Labute approximate surface area is 138 Å². The number of benzene rings is 2. The average Bonchev–Trinajstić information content (AvgIpc) is 2.58. The van der Waals surface area contributed by atoms with Crippen LogP contribution in [-0.4, -0.2) is 29.8 Å². The second-order valence-electron chi connectivity index (χ2n) is 4.71. The molecule has 0 aliphatic carbocycles. The number of nitrogens with one attached hydrogen (secondary N) is 1. The summed E-state index contributed by atoms with van der Waals surface area (Å²) >= 11 is 1.21. The van der Waals surface area contributed by atoms with Crippen molar-refractivity contribution in [3.8, 4) is 5.75 Å². The molecule has 120 valence electrons. The van der Waals surface area contributed by atoms with Crippen molar-refractivity contribution in [1.82, 2.24) is 5.32 Å². The molecule has 2 aromatic carbocycles. The van der Waals surface area contributed by atoms with Crippen LogP contribution in [0.5, 0.6) is 5.75 Å². The lowest BCUT2D eigenvalue weighted by Gasteiger charge is -2.07. The van der Waals surface area contributed by atoms with Crippen LogP contribution in [0.2, 0.25) is 0 Å². The van der Waals surface area contributed by atoms with Crippen LogP contribution in [-0.2, 0) is 11.3 Å². The summed E-state index contributed by atoms with van der Waals surface area (Å²) in [5.74, 6) is -0.209. The van der Waals surface area contributed by atoms with Gasteiger partial charge in [-0.1, -0.05) is 24.3 Å². The zero-order valence-corrected chi connectivity index (χ0v) is 13.4. The molecule has 0 unspecified atom stereocenters. The normalized spacial score (nSPS) is 10.1. The Hall–Kier alpha value is -2.47. The molecule has 0 saturated heterocycles. The zero-order chi connectivity index (χ0) is 16.7. The Morgan fingerprint density at radius 3 is 2.48 bits per heavy atom. The molecule has 0 heterocycles. The zero-order valence-electron chi connectivity index (χ0n) is 12.6. The number of carbonyl (C=O) groups is 2. The number of thioether (sulfide) groups is 1. The molecule has 5 nitrogen and oxygen atoms in total. The lowest BCUT2D eigenvalue weighted by Crippen LogP contribution is -2.24. The van der Waals surface area contributed by atoms with Crippen LogP contribution in [0.3, 0.4) is 0 Å². The first kappa shape index (κ1) is 16.9. The Balaban J connectivity index is 1.84. The topological polar surface area (TPSA) is 75.6 Å². The predicted molar refractivity (Wildman–Crippen MR) is 89.0 cm³/mol. The van der Waals surface area contributed by atoms with Crippen molar-refractivity contribution < 1.29 is 19.4 Å². The summed E-state index contributed by atoms with van der Waals surface area (Å²) in [5.41, 5.74) is 1.18. The minimum Gasteiger partial charge on any atom is -0.497 e. The number of ether oxygens (including phenoxy) is 1. The molecule has 0 atom stereocenters. The van der Waals surface area contributed by atoms with Gasteiger partial charge in [0, 0.05) is 11.4 Å². The third kappa shape index (κ3) is 5.03. The van der Waals surface area contributed by atoms with Gasteiger partial charge in [-0.05, 0) is 29.8 Å². The molecule has 2 N–H and O–H groups in total. The highest BCUT2D eigenvalue weighted by Crippen LogP contribution is 2.22. The number of methoxy groups -OCH3 is 1. The van der Waals surface area contributed by atoms with Crippen molar-refractivity contribution in [2.45, 2.75) is 11.4 Å². The van der Waals surface area contributed by atoms with Crippen LogP contribution in [0.25, 0.3) is 0 Å². The highest BCUT2D eigenvalue weighted by Gasteiger charge is 2.11. The van der Waals surface area contributed by atoms with Crippen LogP contribution in [0.1, 0.15) is 15.9 Å². The first-order valence-electron chi connectivity index (χ1n) is 6.95. The van der Waals surface area contributed by atoms with E-state index in [-0.39, 0.29) is 17.2 Å². The molecule has 0 aliphatic rings. The van der Waals surface area contributed by atoms with E-state index in [2.05, 4.69) is 5.32 Å².